The van der Waals surface area contributed by atoms with Crippen LogP contribution in [0.2, 0.25) is 0 Å². The van der Waals surface area contributed by atoms with Gasteiger partial charge in [-0.2, -0.15) is 8.78 Å². The predicted molar refractivity (Wildman–Crippen MR) is 107 cm³/mol. The third kappa shape index (κ3) is 4.11. The number of para-hydroxylation sites is 3. The first-order valence-electron chi connectivity index (χ1n) is 9.50. The van der Waals surface area contributed by atoms with Crippen molar-refractivity contribution in [2.75, 3.05) is 0 Å². The summed E-state index contributed by atoms with van der Waals surface area (Å²) in [6.07, 6.45) is 0. The van der Waals surface area contributed by atoms with Crippen LogP contribution in [0.15, 0.2) is 53.1 Å². The minimum Gasteiger partial charge on any atom is -0.488 e. The Bertz CT molecular complexity index is 1210. The van der Waals surface area contributed by atoms with Crippen molar-refractivity contribution in [3.05, 3.63) is 76.9 Å². The summed E-state index contributed by atoms with van der Waals surface area (Å²) in [5.74, 6) is 0.180. The summed E-state index contributed by atoms with van der Waals surface area (Å²) in [5, 5.41) is 3.87. The minimum atomic E-state index is -2.81. The number of alkyl halides is 2. The fourth-order valence-corrected chi connectivity index (χ4v) is 3.24. The van der Waals surface area contributed by atoms with E-state index in [9.17, 15) is 13.6 Å². The fraction of sp³-hybridized carbons (Fsp3) is 0.227. The Hall–Kier alpha value is -3.75. The van der Waals surface area contributed by atoms with Gasteiger partial charge < -0.3 is 14.0 Å². The molecule has 2 heterocycles. The molecule has 0 amide bonds. The second-order valence-electron chi connectivity index (χ2n) is 6.83. The number of nitrogens with zero attached hydrogens (tertiary/aromatic N) is 3. The Balaban J connectivity index is 1.51. The van der Waals surface area contributed by atoms with E-state index in [0.29, 0.717) is 22.7 Å². The summed E-state index contributed by atoms with van der Waals surface area (Å²) in [7, 11) is 0. The highest BCUT2D eigenvalue weighted by Crippen LogP contribution is 2.25. The Kier molecular flexibility index (Phi) is 5.66. The third-order valence-electron chi connectivity index (χ3n) is 4.86. The van der Waals surface area contributed by atoms with E-state index in [1.807, 2.05) is 0 Å². The number of carbonyl (C=O) groups excluding carboxylic acids is 1. The lowest BCUT2D eigenvalue weighted by molar-refractivity contribution is 0.0383. The molecule has 160 valence electrons. The van der Waals surface area contributed by atoms with Crippen molar-refractivity contribution in [1.82, 2.24) is 14.7 Å². The zero-order valence-electron chi connectivity index (χ0n) is 16.8. The largest absolute Gasteiger partial charge is 0.488 e. The van der Waals surface area contributed by atoms with Crippen LogP contribution in [0.1, 0.15) is 39.7 Å². The highest BCUT2D eigenvalue weighted by atomic mass is 19.3. The molecule has 0 saturated carbocycles. The molecule has 0 atom stereocenters. The predicted octanol–water partition coefficient (Wildman–Crippen LogP) is 4.97. The van der Waals surface area contributed by atoms with Gasteiger partial charge in [0.15, 0.2) is 5.82 Å². The van der Waals surface area contributed by atoms with Gasteiger partial charge in [-0.25, -0.2) is 9.78 Å². The van der Waals surface area contributed by atoms with Crippen molar-refractivity contribution in [1.29, 1.82) is 0 Å². The lowest BCUT2D eigenvalue weighted by Gasteiger charge is -2.12. The number of aromatic nitrogens is 3. The molecule has 0 bridgehead atoms. The second kappa shape index (κ2) is 8.55. The van der Waals surface area contributed by atoms with Gasteiger partial charge in [0, 0.05) is 0 Å². The number of rotatable bonds is 7. The Morgan fingerprint density at radius 1 is 1.10 bits per heavy atom. The number of esters is 1. The van der Waals surface area contributed by atoms with Gasteiger partial charge in [0.05, 0.1) is 22.3 Å². The summed E-state index contributed by atoms with van der Waals surface area (Å²) >= 11 is 0. The van der Waals surface area contributed by atoms with Crippen LogP contribution in [0.5, 0.6) is 5.75 Å². The molecule has 4 rings (SSSR count). The van der Waals surface area contributed by atoms with Gasteiger partial charge in [0.2, 0.25) is 0 Å². The van der Waals surface area contributed by atoms with Crippen molar-refractivity contribution in [2.24, 2.45) is 0 Å². The van der Waals surface area contributed by atoms with E-state index in [-0.39, 0.29) is 23.5 Å². The molecule has 31 heavy (non-hydrogen) atoms. The molecule has 0 N–H and O–H groups in total. The van der Waals surface area contributed by atoms with Gasteiger partial charge in [-0.15, -0.1) is 0 Å². The number of aryl methyl sites for hydroxylation is 2. The van der Waals surface area contributed by atoms with Gasteiger partial charge in [0.1, 0.15) is 30.3 Å². The SMILES string of the molecule is Cc1noc(C)c1COc1ccccc1C(=O)OCc1nc2ccccc2n1C(F)F. The first-order chi connectivity index (χ1) is 15.0. The number of hydrogen-bond donors (Lipinski definition) is 0. The summed E-state index contributed by atoms with van der Waals surface area (Å²) in [6.45, 7) is 0.507. The molecule has 0 unspecified atom stereocenters. The fourth-order valence-electron chi connectivity index (χ4n) is 3.24. The van der Waals surface area contributed by atoms with Crippen LogP contribution in [0, 0.1) is 13.8 Å². The number of imidazole rings is 1. The van der Waals surface area contributed by atoms with E-state index in [2.05, 4.69) is 10.1 Å². The smallest absolute Gasteiger partial charge is 0.342 e. The standard InChI is InChI=1S/C22H19F2N3O4/c1-13-16(14(2)31-26-13)11-29-19-10-6-3-7-15(19)21(28)30-12-20-25-17-8-4-5-9-18(17)27(20)22(23)24/h3-10,22H,11-12H2,1-2H3. The van der Waals surface area contributed by atoms with E-state index < -0.39 is 19.1 Å². The van der Waals surface area contributed by atoms with Crippen molar-refractivity contribution in [3.8, 4) is 5.75 Å². The van der Waals surface area contributed by atoms with Crippen LogP contribution < -0.4 is 4.74 Å². The molecule has 0 fully saturated rings. The number of carbonyl (C=O) groups is 1. The van der Waals surface area contributed by atoms with E-state index >= 15 is 0 Å². The molecule has 0 saturated heterocycles. The van der Waals surface area contributed by atoms with Crippen molar-refractivity contribution < 1.29 is 27.6 Å². The molecule has 0 aliphatic carbocycles. The van der Waals surface area contributed by atoms with Crippen molar-refractivity contribution in [2.45, 2.75) is 33.6 Å². The molecule has 2 aromatic carbocycles. The second-order valence-corrected chi connectivity index (χ2v) is 6.83. The number of halogens is 2. The molecular weight excluding hydrogens is 408 g/mol. The molecule has 7 nitrogen and oxygen atoms in total. The summed E-state index contributed by atoms with van der Waals surface area (Å²) in [6, 6.07) is 13.1. The monoisotopic (exact) mass is 427 g/mol. The zero-order chi connectivity index (χ0) is 22.0. The third-order valence-corrected chi connectivity index (χ3v) is 4.86. The Labute approximate surface area is 176 Å². The van der Waals surface area contributed by atoms with Crippen molar-refractivity contribution >= 4 is 17.0 Å². The van der Waals surface area contributed by atoms with Crippen LogP contribution >= 0.6 is 0 Å². The number of fused-ring (bicyclic) bond motifs is 1. The summed E-state index contributed by atoms with van der Waals surface area (Å²) in [5.41, 5.74) is 2.33. The van der Waals surface area contributed by atoms with E-state index in [1.54, 1.807) is 56.3 Å². The number of ether oxygens (including phenoxy) is 2. The average Bonchev–Trinajstić information content (AvgIpc) is 3.30. The molecular formula is C22H19F2N3O4. The maximum atomic E-state index is 13.6. The maximum absolute atomic E-state index is 13.6. The lowest BCUT2D eigenvalue weighted by Crippen LogP contribution is -2.12. The van der Waals surface area contributed by atoms with Crippen LogP contribution in [0.3, 0.4) is 0 Å². The molecule has 0 aliphatic rings. The Morgan fingerprint density at radius 3 is 2.58 bits per heavy atom. The normalized spacial score (nSPS) is 11.3. The van der Waals surface area contributed by atoms with Gasteiger partial charge in [0.25, 0.3) is 0 Å². The van der Waals surface area contributed by atoms with E-state index in [1.165, 1.54) is 6.07 Å². The molecule has 0 radical (unpaired) electrons. The van der Waals surface area contributed by atoms with Crippen molar-refractivity contribution in [3.63, 3.8) is 0 Å². The maximum Gasteiger partial charge on any atom is 0.342 e. The van der Waals surface area contributed by atoms with Gasteiger partial charge in [-0.3, -0.25) is 4.57 Å². The Morgan fingerprint density at radius 2 is 1.84 bits per heavy atom. The van der Waals surface area contributed by atoms with Gasteiger partial charge in [-0.05, 0) is 38.1 Å². The minimum absolute atomic E-state index is 0.0429. The van der Waals surface area contributed by atoms with E-state index in [4.69, 9.17) is 14.0 Å². The van der Waals surface area contributed by atoms with Crippen LogP contribution in [0.25, 0.3) is 11.0 Å². The van der Waals surface area contributed by atoms with Gasteiger partial charge >= 0.3 is 12.5 Å². The quantitative estimate of drug-likeness (QED) is 0.388. The molecule has 9 heteroatoms. The first-order valence-corrected chi connectivity index (χ1v) is 9.50. The summed E-state index contributed by atoms with van der Waals surface area (Å²) < 4.78 is 44.0. The molecule has 0 spiro atoms. The molecule has 4 aromatic rings. The lowest BCUT2D eigenvalue weighted by atomic mass is 10.2. The van der Waals surface area contributed by atoms with Gasteiger partial charge in [-0.1, -0.05) is 29.4 Å². The van der Waals surface area contributed by atoms with Crippen LogP contribution in [-0.4, -0.2) is 20.7 Å². The first kappa shape index (κ1) is 20.5. The van der Waals surface area contributed by atoms with Crippen LogP contribution in [-0.2, 0) is 18.0 Å². The number of hydrogen-bond acceptors (Lipinski definition) is 6. The van der Waals surface area contributed by atoms with Crippen LogP contribution in [0.4, 0.5) is 8.78 Å². The average molecular weight is 427 g/mol. The topological polar surface area (TPSA) is 79.4 Å². The number of benzene rings is 2. The van der Waals surface area contributed by atoms with E-state index in [0.717, 1.165) is 10.1 Å². The highest BCUT2D eigenvalue weighted by molar-refractivity contribution is 5.92. The molecule has 2 aromatic heterocycles. The highest BCUT2D eigenvalue weighted by Gasteiger charge is 2.21. The molecule has 0 aliphatic heterocycles. The zero-order valence-corrected chi connectivity index (χ0v) is 16.8. The summed E-state index contributed by atoms with van der Waals surface area (Å²) in [4.78, 5) is 16.8.